The van der Waals surface area contributed by atoms with Gasteiger partial charge in [-0.25, -0.2) is 4.79 Å². The van der Waals surface area contributed by atoms with Gasteiger partial charge < -0.3 is 14.4 Å². The zero-order valence-electron chi connectivity index (χ0n) is 16.2. The van der Waals surface area contributed by atoms with Crippen LogP contribution in [0.3, 0.4) is 0 Å². The molecule has 146 valence electrons. The minimum atomic E-state index is -0.593. The number of ether oxygens (including phenoxy) is 2. The molecular formula is C20H26N2O5. The van der Waals surface area contributed by atoms with E-state index in [-0.39, 0.29) is 30.8 Å². The van der Waals surface area contributed by atoms with Crippen LogP contribution in [0.4, 0.5) is 4.79 Å². The molecular weight excluding hydrogens is 348 g/mol. The molecule has 0 radical (unpaired) electrons. The maximum atomic E-state index is 12.8. The summed E-state index contributed by atoms with van der Waals surface area (Å²) in [6.07, 6.45) is 0.0444. The summed E-state index contributed by atoms with van der Waals surface area (Å²) in [5.41, 5.74) is 0.268. The van der Waals surface area contributed by atoms with Gasteiger partial charge in [-0.1, -0.05) is 12.1 Å². The third kappa shape index (κ3) is 4.07. The van der Waals surface area contributed by atoms with Crippen molar-refractivity contribution >= 4 is 17.9 Å². The third-order valence-corrected chi connectivity index (χ3v) is 4.93. The van der Waals surface area contributed by atoms with E-state index in [2.05, 4.69) is 0 Å². The molecule has 2 atom stereocenters. The van der Waals surface area contributed by atoms with Crippen molar-refractivity contribution in [3.8, 4) is 5.75 Å². The molecule has 7 heteroatoms. The monoisotopic (exact) mass is 374 g/mol. The van der Waals surface area contributed by atoms with Gasteiger partial charge in [-0.2, -0.15) is 0 Å². The fraction of sp³-hybridized carbons (Fsp3) is 0.550. The normalized spacial score (nSPS) is 22.7. The topological polar surface area (TPSA) is 76.2 Å². The number of likely N-dealkylation sites (tertiary alicyclic amines) is 2. The lowest BCUT2D eigenvalue weighted by molar-refractivity contribution is -0.140. The van der Waals surface area contributed by atoms with Gasteiger partial charge in [-0.05, 0) is 44.9 Å². The molecule has 1 aromatic rings. The number of carbonyl (C=O) groups is 3. The molecule has 0 unspecified atom stereocenters. The lowest BCUT2D eigenvalue weighted by Gasteiger charge is -2.33. The number of fused-ring (bicyclic) bond motifs is 1. The van der Waals surface area contributed by atoms with Gasteiger partial charge in [-0.15, -0.1) is 0 Å². The number of amides is 3. The molecule has 0 aliphatic carbocycles. The SMILES string of the molecule is COc1ccc(CN2C(=O)[C@H]3CCN(C(=O)OC(C)(C)C)C[C@H]3C2=O)cc1. The average molecular weight is 374 g/mol. The largest absolute Gasteiger partial charge is 0.497 e. The Morgan fingerprint density at radius 1 is 1.11 bits per heavy atom. The smallest absolute Gasteiger partial charge is 0.410 e. The van der Waals surface area contributed by atoms with E-state index < -0.39 is 17.6 Å². The van der Waals surface area contributed by atoms with E-state index >= 15 is 0 Å². The van der Waals surface area contributed by atoms with E-state index in [1.165, 1.54) is 9.80 Å². The predicted octanol–water partition coefficient (Wildman–Crippen LogP) is 2.44. The standard InChI is InChI=1S/C20H26N2O5/c1-20(2,3)27-19(25)21-10-9-15-16(12-21)18(24)22(17(15)23)11-13-5-7-14(26-4)8-6-13/h5-8,15-16H,9-12H2,1-4H3/t15-,16+/m0/s1. The van der Waals surface area contributed by atoms with Crippen molar-refractivity contribution < 1.29 is 23.9 Å². The molecule has 27 heavy (non-hydrogen) atoms. The Morgan fingerprint density at radius 2 is 1.74 bits per heavy atom. The molecule has 7 nitrogen and oxygen atoms in total. The Labute approximate surface area is 159 Å². The van der Waals surface area contributed by atoms with Crippen molar-refractivity contribution in [2.24, 2.45) is 11.8 Å². The van der Waals surface area contributed by atoms with Crippen molar-refractivity contribution in [3.63, 3.8) is 0 Å². The van der Waals surface area contributed by atoms with Gasteiger partial charge in [0.15, 0.2) is 0 Å². The number of benzene rings is 1. The number of hydrogen-bond donors (Lipinski definition) is 0. The molecule has 0 spiro atoms. The molecule has 0 aromatic heterocycles. The molecule has 2 aliphatic heterocycles. The Hall–Kier alpha value is -2.57. The van der Waals surface area contributed by atoms with Crippen LogP contribution < -0.4 is 4.74 Å². The van der Waals surface area contributed by atoms with Crippen molar-refractivity contribution in [1.82, 2.24) is 9.80 Å². The van der Waals surface area contributed by atoms with Gasteiger partial charge in [-0.3, -0.25) is 14.5 Å². The van der Waals surface area contributed by atoms with E-state index in [1.807, 2.05) is 12.1 Å². The molecule has 0 saturated carbocycles. The third-order valence-electron chi connectivity index (χ3n) is 4.93. The second-order valence-electron chi connectivity index (χ2n) is 8.04. The van der Waals surface area contributed by atoms with Crippen LogP contribution >= 0.6 is 0 Å². The Morgan fingerprint density at radius 3 is 2.33 bits per heavy atom. The highest BCUT2D eigenvalue weighted by molar-refractivity contribution is 6.05. The van der Waals surface area contributed by atoms with E-state index in [0.717, 1.165) is 11.3 Å². The minimum Gasteiger partial charge on any atom is -0.497 e. The van der Waals surface area contributed by atoms with Crippen LogP contribution in [-0.2, 0) is 20.9 Å². The summed E-state index contributed by atoms with van der Waals surface area (Å²) in [7, 11) is 1.59. The van der Waals surface area contributed by atoms with Crippen molar-refractivity contribution in [1.29, 1.82) is 0 Å². The molecule has 1 aromatic carbocycles. The number of imide groups is 1. The zero-order valence-corrected chi connectivity index (χ0v) is 16.2. The molecule has 3 amide bonds. The Kier molecular flexibility index (Phi) is 5.13. The maximum absolute atomic E-state index is 12.8. The predicted molar refractivity (Wildman–Crippen MR) is 98.0 cm³/mol. The van der Waals surface area contributed by atoms with E-state index in [0.29, 0.717) is 13.0 Å². The van der Waals surface area contributed by atoms with Gasteiger partial charge in [0.25, 0.3) is 0 Å². The maximum Gasteiger partial charge on any atom is 0.410 e. The zero-order chi connectivity index (χ0) is 19.8. The first-order valence-electron chi connectivity index (χ1n) is 9.15. The lowest BCUT2D eigenvalue weighted by atomic mass is 9.88. The first kappa shape index (κ1) is 19.2. The number of rotatable bonds is 3. The number of methoxy groups -OCH3 is 1. The van der Waals surface area contributed by atoms with Crippen LogP contribution in [0.2, 0.25) is 0 Å². The molecule has 3 rings (SSSR count). The van der Waals surface area contributed by atoms with Crippen LogP contribution in [0.1, 0.15) is 32.8 Å². The summed E-state index contributed by atoms with van der Waals surface area (Å²) < 4.78 is 10.5. The van der Waals surface area contributed by atoms with Crippen LogP contribution in [0.15, 0.2) is 24.3 Å². The van der Waals surface area contributed by atoms with E-state index in [4.69, 9.17) is 9.47 Å². The average Bonchev–Trinajstić information content (AvgIpc) is 2.85. The molecule has 0 bridgehead atoms. The second kappa shape index (κ2) is 7.21. The molecule has 0 N–H and O–H groups in total. The summed E-state index contributed by atoms with van der Waals surface area (Å²) in [5, 5.41) is 0. The van der Waals surface area contributed by atoms with Crippen molar-refractivity contribution in [2.45, 2.75) is 39.3 Å². The highest BCUT2D eigenvalue weighted by Crippen LogP contribution is 2.35. The quantitative estimate of drug-likeness (QED) is 0.760. The summed E-state index contributed by atoms with van der Waals surface area (Å²) in [6, 6.07) is 7.29. The highest BCUT2D eigenvalue weighted by Gasteiger charge is 2.50. The first-order chi connectivity index (χ1) is 12.7. The van der Waals surface area contributed by atoms with Crippen LogP contribution in [0, 0.1) is 11.8 Å². The summed E-state index contributed by atoms with van der Waals surface area (Å²) in [6.45, 7) is 6.30. The van der Waals surface area contributed by atoms with Crippen LogP contribution in [-0.4, -0.2) is 53.5 Å². The fourth-order valence-corrected chi connectivity index (χ4v) is 3.57. The van der Waals surface area contributed by atoms with Gasteiger partial charge in [0.2, 0.25) is 11.8 Å². The highest BCUT2D eigenvalue weighted by atomic mass is 16.6. The number of hydrogen-bond acceptors (Lipinski definition) is 5. The fourth-order valence-electron chi connectivity index (χ4n) is 3.57. The minimum absolute atomic E-state index is 0.148. The molecule has 2 fully saturated rings. The molecule has 2 aliphatic rings. The molecule has 2 saturated heterocycles. The van der Waals surface area contributed by atoms with Gasteiger partial charge in [0.1, 0.15) is 11.4 Å². The Balaban J connectivity index is 1.68. The number of carbonyl (C=O) groups excluding carboxylic acids is 3. The van der Waals surface area contributed by atoms with E-state index in [1.54, 1.807) is 40.0 Å². The first-order valence-corrected chi connectivity index (χ1v) is 9.15. The number of piperidine rings is 1. The van der Waals surface area contributed by atoms with Gasteiger partial charge in [0, 0.05) is 13.1 Å². The van der Waals surface area contributed by atoms with Crippen molar-refractivity contribution in [3.05, 3.63) is 29.8 Å². The number of nitrogens with zero attached hydrogens (tertiary/aromatic N) is 2. The van der Waals surface area contributed by atoms with Crippen LogP contribution in [0.5, 0.6) is 5.75 Å². The van der Waals surface area contributed by atoms with E-state index in [9.17, 15) is 14.4 Å². The van der Waals surface area contributed by atoms with Crippen LogP contribution in [0.25, 0.3) is 0 Å². The molecule has 2 heterocycles. The summed E-state index contributed by atoms with van der Waals surface area (Å²) in [4.78, 5) is 40.7. The Bertz CT molecular complexity index is 738. The van der Waals surface area contributed by atoms with Gasteiger partial charge in [0.05, 0.1) is 25.5 Å². The second-order valence-corrected chi connectivity index (χ2v) is 8.04. The van der Waals surface area contributed by atoms with Gasteiger partial charge >= 0.3 is 6.09 Å². The van der Waals surface area contributed by atoms with Crippen molar-refractivity contribution in [2.75, 3.05) is 20.2 Å². The summed E-state index contributed by atoms with van der Waals surface area (Å²) >= 11 is 0. The lowest BCUT2D eigenvalue weighted by Crippen LogP contribution is -2.46. The summed E-state index contributed by atoms with van der Waals surface area (Å²) in [5.74, 6) is -0.482.